The fourth-order valence-corrected chi connectivity index (χ4v) is 5.96. The van der Waals surface area contributed by atoms with Gasteiger partial charge in [0.15, 0.2) is 5.69 Å². The molecule has 5 rings (SSSR count). The fraction of sp³-hybridized carbons (Fsp3) is 0.406. The summed E-state index contributed by atoms with van der Waals surface area (Å²) < 4.78 is 33.3. The number of halogens is 3. The van der Waals surface area contributed by atoms with E-state index >= 15 is 0 Å². The predicted molar refractivity (Wildman–Crippen MR) is 163 cm³/mol. The molecule has 2 aliphatic heterocycles. The molecule has 2 N–H and O–H groups in total. The molecule has 11 heteroatoms. The first kappa shape index (κ1) is 30.7. The Morgan fingerprint density at radius 1 is 1.14 bits per heavy atom. The quantitative estimate of drug-likeness (QED) is 0.329. The van der Waals surface area contributed by atoms with Crippen LogP contribution in [0.2, 0.25) is 5.02 Å². The van der Waals surface area contributed by atoms with Crippen molar-refractivity contribution in [1.82, 2.24) is 20.5 Å². The fourth-order valence-electron chi connectivity index (χ4n) is 5.78. The average molecular weight is 612 g/mol. The molecule has 0 radical (unpaired) electrons. The lowest BCUT2D eigenvalue weighted by Gasteiger charge is -2.43. The molecule has 0 bridgehead atoms. The molecule has 2 aromatic carbocycles. The number of hydrogen-bond donors (Lipinski definition) is 2. The van der Waals surface area contributed by atoms with Gasteiger partial charge < -0.3 is 25.2 Å². The first-order chi connectivity index (χ1) is 20.8. The Morgan fingerprint density at radius 2 is 1.95 bits per heavy atom. The predicted octanol–water partition coefficient (Wildman–Crippen LogP) is 5.57. The van der Waals surface area contributed by atoms with Gasteiger partial charge in [-0.25, -0.2) is 13.8 Å². The number of pyridine rings is 1. The largest absolute Gasteiger partial charge is 0.493 e. The summed E-state index contributed by atoms with van der Waals surface area (Å²) in [5.41, 5.74) is 1.94. The minimum atomic E-state index is -2.82. The van der Waals surface area contributed by atoms with Gasteiger partial charge in [-0.3, -0.25) is 9.59 Å². The molecule has 2 aliphatic rings. The number of piperazine rings is 1. The summed E-state index contributed by atoms with van der Waals surface area (Å²) in [6.45, 7) is 6.95. The third-order valence-electron chi connectivity index (χ3n) is 7.98. The van der Waals surface area contributed by atoms with Crippen LogP contribution in [0.25, 0.3) is 11.3 Å². The molecule has 2 amide bonds. The highest BCUT2D eigenvalue weighted by molar-refractivity contribution is 6.30. The number of nitrogens with one attached hydrogen (secondary N) is 2. The van der Waals surface area contributed by atoms with E-state index in [-0.39, 0.29) is 34.1 Å². The number of nitrogens with zero attached hydrogens (tertiary/aromatic N) is 3. The van der Waals surface area contributed by atoms with Crippen LogP contribution >= 0.6 is 11.6 Å². The highest BCUT2D eigenvalue weighted by atomic mass is 35.5. The molecule has 2 fully saturated rings. The van der Waals surface area contributed by atoms with E-state index in [1.807, 2.05) is 50.2 Å². The zero-order valence-electron chi connectivity index (χ0n) is 24.3. The van der Waals surface area contributed by atoms with Crippen LogP contribution in [0.3, 0.4) is 0 Å². The van der Waals surface area contributed by atoms with Crippen molar-refractivity contribution >= 4 is 29.1 Å². The highest BCUT2D eigenvalue weighted by Gasteiger charge is 2.34. The number of para-hydroxylation sites is 1. The molecule has 0 aliphatic carbocycles. The van der Waals surface area contributed by atoms with Gasteiger partial charge in [-0.05, 0) is 68.8 Å². The zero-order valence-corrected chi connectivity index (χ0v) is 25.0. The van der Waals surface area contributed by atoms with Crippen molar-refractivity contribution in [1.29, 1.82) is 0 Å². The number of amides is 2. The average Bonchev–Trinajstić information content (AvgIpc) is 3.53. The summed E-state index contributed by atoms with van der Waals surface area (Å²) in [6, 6.07) is 15.2. The van der Waals surface area contributed by atoms with E-state index < -0.39 is 12.3 Å². The van der Waals surface area contributed by atoms with Crippen molar-refractivity contribution in [2.75, 3.05) is 44.2 Å². The molecule has 0 spiro atoms. The SMILES string of the molecule is CCOc1ccccc1-c1ccc(N2CCN(C(=O)c3ccc(Cl)cc3C(F)F)C[C@H]2CC)c(C(=O)N[C@@H]2CCNC2)n1. The van der Waals surface area contributed by atoms with Gasteiger partial charge in [0.2, 0.25) is 0 Å². The molecule has 2 atom stereocenters. The van der Waals surface area contributed by atoms with Crippen molar-refractivity contribution in [3.8, 4) is 17.0 Å². The maximum Gasteiger partial charge on any atom is 0.272 e. The van der Waals surface area contributed by atoms with Crippen LogP contribution in [0.4, 0.5) is 14.5 Å². The van der Waals surface area contributed by atoms with E-state index in [9.17, 15) is 18.4 Å². The Kier molecular flexibility index (Phi) is 9.77. The van der Waals surface area contributed by atoms with Crippen LogP contribution < -0.4 is 20.3 Å². The number of carbonyl (C=O) groups is 2. The highest BCUT2D eigenvalue weighted by Crippen LogP contribution is 2.34. The summed E-state index contributed by atoms with van der Waals surface area (Å²) in [6.07, 6.45) is -1.33. The first-order valence-corrected chi connectivity index (χ1v) is 15.1. The monoisotopic (exact) mass is 611 g/mol. The minimum absolute atomic E-state index is 0.00126. The molecule has 228 valence electrons. The topological polar surface area (TPSA) is 86.8 Å². The van der Waals surface area contributed by atoms with Gasteiger partial charge in [-0.2, -0.15) is 0 Å². The van der Waals surface area contributed by atoms with Gasteiger partial charge in [-0.1, -0.05) is 30.7 Å². The number of anilines is 1. The van der Waals surface area contributed by atoms with Gasteiger partial charge in [0.25, 0.3) is 18.2 Å². The zero-order chi connectivity index (χ0) is 30.5. The van der Waals surface area contributed by atoms with Crippen LogP contribution in [-0.2, 0) is 0 Å². The maximum absolute atomic E-state index is 13.8. The first-order valence-electron chi connectivity index (χ1n) is 14.7. The third kappa shape index (κ3) is 6.75. The summed E-state index contributed by atoms with van der Waals surface area (Å²) in [4.78, 5) is 35.8. The van der Waals surface area contributed by atoms with Gasteiger partial charge in [-0.15, -0.1) is 0 Å². The molecule has 3 heterocycles. The van der Waals surface area contributed by atoms with E-state index in [0.29, 0.717) is 62.0 Å². The van der Waals surface area contributed by atoms with Crippen LogP contribution in [0.5, 0.6) is 5.75 Å². The van der Waals surface area contributed by atoms with Crippen molar-refractivity contribution in [3.05, 3.63) is 76.4 Å². The number of aromatic nitrogens is 1. The standard InChI is InChI=1S/C32H36ClF2N5O3/c1-3-22-19-39(32(42)23-10-9-20(33)17-25(23)30(34)35)15-16-40(22)27-12-11-26(24-7-5-6-8-28(24)43-4-2)38-29(27)31(41)37-21-13-14-36-18-21/h5-12,17,21-22,30,36H,3-4,13-16,18-19H2,1-2H3,(H,37,41)/t21-,22-/m1/s1. The lowest BCUT2D eigenvalue weighted by atomic mass is 10.0. The van der Waals surface area contributed by atoms with Gasteiger partial charge in [0.1, 0.15) is 5.75 Å². The molecule has 1 aromatic heterocycles. The van der Waals surface area contributed by atoms with Crippen molar-refractivity contribution in [3.63, 3.8) is 0 Å². The lowest BCUT2D eigenvalue weighted by molar-refractivity contribution is 0.0708. The molecule has 43 heavy (non-hydrogen) atoms. The number of benzene rings is 2. The second-order valence-corrected chi connectivity index (χ2v) is 11.1. The Bertz CT molecular complexity index is 1470. The molecule has 0 unspecified atom stereocenters. The molecule has 3 aromatic rings. The molecule has 8 nitrogen and oxygen atoms in total. The number of carbonyl (C=O) groups excluding carboxylic acids is 2. The Labute approximate surface area is 255 Å². The van der Waals surface area contributed by atoms with Crippen LogP contribution in [-0.4, -0.2) is 73.1 Å². The van der Waals surface area contributed by atoms with E-state index in [1.165, 1.54) is 12.1 Å². The summed E-state index contributed by atoms with van der Waals surface area (Å²) >= 11 is 5.94. The van der Waals surface area contributed by atoms with E-state index in [0.717, 1.165) is 24.6 Å². The number of ether oxygens (including phenoxy) is 1. The maximum atomic E-state index is 13.8. The van der Waals surface area contributed by atoms with Crippen molar-refractivity contribution in [2.24, 2.45) is 0 Å². The van der Waals surface area contributed by atoms with Crippen LogP contribution in [0.1, 0.15) is 59.5 Å². The van der Waals surface area contributed by atoms with Gasteiger partial charge >= 0.3 is 0 Å². The van der Waals surface area contributed by atoms with Crippen molar-refractivity contribution in [2.45, 2.75) is 45.2 Å². The van der Waals surface area contributed by atoms with Gasteiger partial charge in [0, 0.05) is 60.0 Å². The van der Waals surface area contributed by atoms with Gasteiger partial charge in [0.05, 0.1) is 18.0 Å². The van der Waals surface area contributed by atoms with Crippen molar-refractivity contribution < 1.29 is 23.1 Å². The Balaban J connectivity index is 1.46. The lowest BCUT2D eigenvalue weighted by Crippen LogP contribution is -2.55. The third-order valence-corrected chi connectivity index (χ3v) is 8.21. The normalized spacial score (nSPS) is 18.7. The van der Waals surface area contributed by atoms with Crippen LogP contribution in [0.15, 0.2) is 54.6 Å². The number of hydrogen-bond acceptors (Lipinski definition) is 6. The summed E-state index contributed by atoms with van der Waals surface area (Å²) in [5.74, 6) is -0.0474. The number of alkyl halides is 2. The molecule has 0 saturated carbocycles. The number of rotatable bonds is 9. The second kappa shape index (κ2) is 13.7. The molecular weight excluding hydrogens is 576 g/mol. The summed E-state index contributed by atoms with van der Waals surface area (Å²) in [5, 5.41) is 6.55. The van der Waals surface area contributed by atoms with E-state index in [2.05, 4.69) is 15.5 Å². The molecule has 2 saturated heterocycles. The molecular formula is C32H36ClF2N5O3. The Hall–Kier alpha value is -3.76. The minimum Gasteiger partial charge on any atom is -0.493 e. The van der Waals surface area contributed by atoms with E-state index in [1.54, 1.807) is 4.90 Å². The summed E-state index contributed by atoms with van der Waals surface area (Å²) in [7, 11) is 0. The van der Waals surface area contributed by atoms with Crippen LogP contribution in [0, 0.1) is 0 Å². The second-order valence-electron chi connectivity index (χ2n) is 10.7. The smallest absolute Gasteiger partial charge is 0.272 e. The Morgan fingerprint density at radius 3 is 2.67 bits per heavy atom. The van der Waals surface area contributed by atoms with E-state index in [4.69, 9.17) is 21.3 Å².